The lowest BCUT2D eigenvalue weighted by molar-refractivity contribution is -0.139. The van der Waals surface area contributed by atoms with Crippen molar-refractivity contribution in [3.05, 3.63) is 0 Å². The Morgan fingerprint density at radius 2 is 2.09 bits per heavy atom. The van der Waals surface area contributed by atoms with Crippen LogP contribution in [0.25, 0.3) is 0 Å². The number of carboxylic acid groups (broad SMARTS) is 1. The fourth-order valence-corrected chi connectivity index (χ4v) is 3.36. The van der Waals surface area contributed by atoms with Crippen LogP contribution in [0.1, 0.15) is 46.0 Å². The molecule has 7 nitrogen and oxygen atoms in total. The Labute approximate surface area is 137 Å². The normalized spacial score (nSPS) is 28.7. The topological polar surface area (TPSA) is 90.9 Å². The third-order valence-corrected chi connectivity index (χ3v) is 4.84. The summed E-state index contributed by atoms with van der Waals surface area (Å²) >= 11 is 0. The van der Waals surface area contributed by atoms with Crippen LogP contribution in [0.4, 0.5) is 4.79 Å². The van der Waals surface area contributed by atoms with Gasteiger partial charge in [-0.2, -0.15) is 0 Å². The summed E-state index contributed by atoms with van der Waals surface area (Å²) in [5.74, 6) is -0.803. The molecule has 2 fully saturated rings. The number of hydrogen-bond acceptors (Lipinski definition) is 4. The van der Waals surface area contributed by atoms with E-state index in [0.29, 0.717) is 6.54 Å². The maximum absolute atomic E-state index is 12.0. The van der Waals surface area contributed by atoms with Gasteiger partial charge in [0.25, 0.3) is 0 Å². The van der Waals surface area contributed by atoms with E-state index in [1.807, 2.05) is 18.7 Å². The highest BCUT2D eigenvalue weighted by Crippen LogP contribution is 2.25. The van der Waals surface area contributed by atoms with Gasteiger partial charge in [0.15, 0.2) is 0 Å². The second-order valence-electron chi connectivity index (χ2n) is 6.59. The monoisotopic (exact) mass is 327 g/mol. The zero-order valence-electron chi connectivity index (χ0n) is 14.1. The molecule has 0 radical (unpaired) electrons. The molecule has 132 valence electrons. The van der Waals surface area contributed by atoms with Gasteiger partial charge in [0, 0.05) is 18.7 Å². The van der Waals surface area contributed by atoms with E-state index < -0.39 is 5.97 Å². The Kier molecular flexibility index (Phi) is 6.65. The number of ether oxygens (including phenoxy) is 1. The molecule has 1 aliphatic carbocycles. The number of nitrogens with one attached hydrogen (secondary N) is 2. The average molecular weight is 327 g/mol. The highest BCUT2D eigenvalue weighted by molar-refractivity contribution is 5.74. The Bertz CT molecular complexity index is 406. The summed E-state index contributed by atoms with van der Waals surface area (Å²) in [6.07, 6.45) is 4.97. The third kappa shape index (κ3) is 5.35. The third-order valence-electron chi connectivity index (χ3n) is 4.84. The van der Waals surface area contributed by atoms with Gasteiger partial charge in [-0.15, -0.1) is 0 Å². The molecule has 23 heavy (non-hydrogen) atoms. The second-order valence-corrected chi connectivity index (χ2v) is 6.59. The minimum absolute atomic E-state index is 0.00493. The minimum Gasteiger partial charge on any atom is -0.480 e. The largest absolute Gasteiger partial charge is 0.480 e. The molecule has 7 heteroatoms. The maximum Gasteiger partial charge on any atom is 0.317 e. The molecule has 1 saturated carbocycles. The number of likely N-dealkylation sites (N-methyl/N-ethyl adjacent to an activating group) is 1. The zero-order chi connectivity index (χ0) is 16.8. The van der Waals surface area contributed by atoms with E-state index in [2.05, 4.69) is 10.6 Å². The molecule has 1 aliphatic heterocycles. The molecular weight excluding hydrogens is 298 g/mol. The number of carbonyl (C=O) groups is 2. The van der Waals surface area contributed by atoms with Gasteiger partial charge in [-0.3, -0.25) is 9.69 Å². The highest BCUT2D eigenvalue weighted by atomic mass is 16.5. The van der Waals surface area contributed by atoms with Crippen LogP contribution in [0.2, 0.25) is 0 Å². The molecule has 2 amide bonds. The fourth-order valence-electron chi connectivity index (χ4n) is 3.36. The molecule has 0 bridgehead atoms. The summed E-state index contributed by atoms with van der Waals surface area (Å²) in [7, 11) is 0. The lowest BCUT2D eigenvalue weighted by Crippen LogP contribution is -2.57. The van der Waals surface area contributed by atoms with Gasteiger partial charge in [0.1, 0.15) is 0 Å². The lowest BCUT2D eigenvalue weighted by atomic mass is 9.85. The van der Waals surface area contributed by atoms with E-state index in [1.54, 1.807) is 0 Å². The van der Waals surface area contributed by atoms with E-state index in [0.717, 1.165) is 38.7 Å². The van der Waals surface area contributed by atoms with Crippen LogP contribution in [0, 0.1) is 0 Å². The predicted octanol–water partition coefficient (Wildman–Crippen LogP) is 1.18. The van der Waals surface area contributed by atoms with E-state index in [1.165, 1.54) is 0 Å². The van der Waals surface area contributed by atoms with Gasteiger partial charge < -0.3 is 20.5 Å². The molecule has 1 heterocycles. The van der Waals surface area contributed by atoms with E-state index in [4.69, 9.17) is 9.84 Å². The lowest BCUT2D eigenvalue weighted by Gasteiger charge is -2.42. The van der Waals surface area contributed by atoms with Gasteiger partial charge in [0.05, 0.1) is 18.7 Å². The average Bonchev–Trinajstić information content (AvgIpc) is 2.49. The number of rotatable bonds is 7. The molecule has 0 aromatic heterocycles. The number of nitrogens with zero attached hydrogens (tertiary/aromatic N) is 1. The van der Waals surface area contributed by atoms with Crippen molar-refractivity contribution in [2.45, 2.75) is 70.2 Å². The van der Waals surface area contributed by atoms with Crippen molar-refractivity contribution < 1.29 is 19.4 Å². The molecule has 0 aromatic carbocycles. The first-order chi connectivity index (χ1) is 11.0. The van der Waals surface area contributed by atoms with Crippen LogP contribution in [0.5, 0.6) is 0 Å². The Balaban J connectivity index is 1.66. The first-order valence-electron chi connectivity index (χ1n) is 8.64. The van der Waals surface area contributed by atoms with Crippen molar-refractivity contribution in [2.24, 2.45) is 0 Å². The standard InChI is InChI=1S/C16H29N3O4/c1-3-19(10-15(20)21)13-8-12(9-13)18-16(22)17-11(2)14-6-4-5-7-23-14/h11-14H,3-10H2,1-2H3,(H,20,21)(H2,17,18,22). The first kappa shape index (κ1) is 18.0. The van der Waals surface area contributed by atoms with Crippen LogP contribution in [-0.2, 0) is 9.53 Å². The highest BCUT2D eigenvalue weighted by Gasteiger charge is 2.35. The molecule has 2 unspecified atom stereocenters. The fraction of sp³-hybridized carbons (Fsp3) is 0.875. The smallest absolute Gasteiger partial charge is 0.317 e. The maximum atomic E-state index is 12.0. The van der Waals surface area contributed by atoms with Crippen molar-refractivity contribution in [2.75, 3.05) is 19.7 Å². The Morgan fingerprint density at radius 1 is 1.35 bits per heavy atom. The van der Waals surface area contributed by atoms with Gasteiger partial charge >= 0.3 is 12.0 Å². The summed E-state index contributed by atoms with van der Waals surface area (Å²) in [4.78, 5) is 24.8. The SMILES string of the molecule is CCN(CC(=O)O)C1CC(NC(=O)NC(C)C2CCCCO2)C1. The number of amides is 2. The van der Waals surface area contributed by atoms with Crippen molar-refractivity contribution in [3.8, 4) is 0 Å². The van der Waals surface area contributed by atoms with Crippen LogP contribution in [-0.4, -0.2) is 65.9 Å². The van der Waals surface area contributed by atoms with Crippen molar-refractivity contribution in [1.29, 1.82) is 0 Å². The molecule has 2 aliphatic rings. The second kappa shape index (κ2) is 8.49. The van der Waals surface area contributed by atoms with Crippen LogP contribution < -0.4 is 10.6 Å². The molecular formula is C16H29N3O4. The molecule has 1 saturated heterocycles. The van der Waals surface area contributed by atoms with Gasteiger partial charge in [-0.1, -0.05) is 6.92 Å². The molecule has 0 spiro atoms. The molecule has 2 rings (SSSR count). The van der Waals surface area contributed by atoms with E-state index >= 15 is 0 Å². The van der Waals surface area contributed by atoms with E-state index in [-0.39, 0.29) is 36.8 Å². The Hall–Kier alpha value is -1.34. The van der Waals surface area contributed by atoms with Crippen molar-refractivity contribution >= 4 is 12.0 Å². The summed E-state index contributed by atoms with van der Waals surface area (Å²) in [5.41, 5.74) is 0. The number of hydrogen-bond donors (Lipinski definition) is 3. The summed E-state index contributed by atoms with van der Waals surface area (Å²) in [5, 5.41) is 14.8. The minimum atomic E-state index is -0.803. The zero-order valence-corrected chi connectivity index (χ0v) is 14.1. The van der Waals surface area contributed by atoms with Crippen molar-refractivity contribution in [1.82, 2.24) is 15.5 Å². The van der Waals surface area contributed by atoms with Gasteiger partial charge in [0.2, 0.25) is 0 Å². The summed E-state index contributed by atoms with van der Waals surface area (Å²) < 4.78 is 5.68. The molecule has 0 aromatic rings. The predicted molar refractivity (Wildman–Crippen MR) is 86.4 cm³/mol. The van der Waals surface area contributed by atoms with Crippen LogP contribution in [0.3, 0.4) is 0 Å². The van der Waals surface area contributed by atoms with Crippen LogP contribution >= 0.6 is 0 Å². The number of carbonyl (C=O) groups excluding carboxylic acids is 1. The van der Waals surface area contributed by atoms with Crippen molar-refractivity contribution in [3.63, 3.8) is 0 Å². The molecule has 3 N–H and O–H groups in total. The van der Waals surface area contributed by atoms with E-state index in [9.17, 15) is 9.59 Å². The summed E-state index contributed by atoms with van der Waals surface area (Å²) in [6, 6.07) is 0.226. The van der Waals surface area contributed by atoms with Crippen LogP contribution in [0.15, 0.2) is 0 Å². The van der Waals surface area contributed by atoms with Gasteiger partial charge in [-0.25, -0.2) is 4.79 Å². The molecule has 2 atom stereocenters. The quantitative estimate of drug-likeness (QED) is 0.653. The first-order valence-corrected chi connectivity index (χ1v) is 8.64. The Morgan fingerprint density at radius 3 is 2.65 bits per heavy atom. The number of aliphatic carboxylic acids is 1. The van der Waals surface area contributed by atoms with Gasteiger partial charge in [-0.05, 0) is 45.6 Å². The summed E-state index contributed by atoms with van der Waals surface area (Å²) in [6.45, 7) is 5.49. The number of carboxylic acids is 1. The number of urea groups is 1.